The average Bonchev–Trinajstić information content (AvgIpc) is 3.26. The van der Waals surface area contributed by atoms with Crippen LogP contribution in [0.25, 0.3) is 5.69 Å². The van der Waals surface area contributed by atoms with Crippen molar-refractivity contribution in [2.75, 3.05) is 6.54 Å². The number of nitrogens with zero attached hydrogens (tertiary/aromatic N) is 3. The number of pyridine rings is 1. The second kappa shape index (κ2) is 6.39. The van der Waals surface area contributed by atoms with Crippen molar-refractivity contribution in [2.45, 2.75) is 51.5 Å². The summed E-state index contributed by atoms with van der Waals surface area (Å²) >= 11 is 0. The molecule has 4 nitrogen and oxygen atoms in total. The van der Waals surface area contributed by atoms with Crippen molar-refractivity contribution in [3.8, 4) is 5.69 Å². The van der Waals surface area contributed by atoms with Crippen molar-refractivity contribution in [2.24, 2.45) is 0 Å². The Bertz CT molecular complexity index is 569. The Morgan fingerprint density at radius 3 is 2.76 bits per heavy atom. The maximum atomic E-state index is 4.65. The van der Waals surface area contributed by atoms with Gasteiger partial charge in [-0.3, -0.25) is 4.98 Å². The predicted molar refractivity (Wildman–Crippen MR) is 84.7 cm³/mol. The Hall–Kier alpha value is -1.68. The van der Waals surface area contributed by atoms with E-state index in [0.717, 1.165) is 30.8 Å². The molecule has 0 aliphatic heterocycles. The van der Waals surface area contributed by atoms with Crippen LogP contribution in [0.2, 0.25) is 0 Å². The first-order valence-corrected chi connectivity index (χ1v) is 8.07. The van der Waals surface area contributed by atoms with E-state index >= 15 is 0 Å². The fourth-order valence-corrected chi connectivity index (χ4v) is 2.59. The van der Waals surface area contributed by atoms with E-state index in [0.29, 0.717) is 12.0 Å². The number of nitrogens with one attached hydrogen (secondary N) is 1. The van der Waals surface area contributed by atoms with Gasteiger partial charge in [0.15, 0.2) is 0 Å². The third-order valence-electron chi connectivity index (χ3n) is 4.05. The molecular formula is C17H24N4. The van der Waals surface area contributed by atoms with Gasteiger partial charge in [-0.1, -0.05) is 13.8 Å². The molecule has 2 heterocycles. The fourth-order valence-electron chi connectivity index (χ4n) is 2.59. The van der Waals surface area contributed by atoms with Crippen molar-refractivity contribution >= 4 is 0 Å². The lowest BCUT2D eigenvalue weighted by Crippen LogP contribution is -2.22. The van der Waals surface area contributed by atoms with E-state index in [2.05, 4.69) is 47.4 Å². The fraction of sp³-hybridized carbons (Fsp3) is 0.529. The first-order valence-electron chi connectivity index (χ1n) is 8.07. The van der Waals surface area contributed by atoms with Gasteiger partial charge in [-0.15, -0.1) is 0 Å². The minimum absolute atomic E-state index is 0.346. The summed E-state index contributed by atoms with van der Waals surface area (Å²) in [5.74, 6) is 0.696. The smallest absolute Gasteiger partial charge is 0.0829 e. The molecule has 1 atom stereocenters. The summed E-state index contributed by atoms with van der Waals surface area (Å²) in [7, 11) is 0. The Labute approximate surface area is 126 Å². The maximum Gasteiger partial charge on any atom is 0.0829 e. The lowest BCUT2D eigenvalue weighted by Gasteiger charge is -2.16. The van der Waals surface area contributed by atoms with Crippen LogP contribution in [-0.4, -0.2) is 21.3 Å². The van der Waals surface area contributed by atoms with Crippen LogP contribution in [0.1, 0.15) is 62.9 Å². The van der Waals surface area contributed by atoms with Gasteiger partial charge in [0.2, 0.25) is 0 Å². The van der Waals surface area contributed by atoms with Crippen LogP contribution in [0, 0.1) is 0 Å². The van der Waals surface area contributed by atoms with Gasteiger partial charge in [0.1, 0.15) is 0 Å². The monoisotopic (exact) mass is 284 g/mol. The van der Waals surface area contributed by atoms with E-state index in [1.54, 1.807) is 0 Å². The average molecular weight is 284 g/mol. The summed E-state index contributed by atoms with van der Waals surface area (Å²) in [5.41, 5.74) is 3.37. The van der Waals surface area contributed by atoms with Gasteiger partial charge in [0.25, 0.3) is 0 Å². The Morgan fingerprint density at radius 2 is 2.14 bits per heavy atom. The minimum Gasteiger partial charge on any atom is -0.309 e. The summed E-state index contributed by atoms with van der Waals surface area (Å²) in [6.07, 6.45) is 8.74. The van der Waals surface area contributed by atoms with Gasteiger partial charge in [0.05, 0.1) is 23.3 Å². The van der Waals surface area contributed by atoms with Crippen LogP contribution in [0.4, 0.5) is 0 Å². The van der Waals surface area contributed by atoms with E-state index in [-0.39, 0.29) is 0 Å². The molecule has 0 bridgehead atoms. The molecule has 1 fully saturated rings. The molecule has 0 aromatic carbocycles. The van der Waals surface area contributed by atoms with Gasteiger partial charge in [-0.2, -0.15) is 5.10 Å². The molecule has 0 saturated heterocycles. The molecule has 112 valence electrons. The molecule has 21 heavy (non-hydrogen) atoms. The molecule has 0 spiro atoms. The molecule has 3 rings (SSSR count). The van der Waals surface area contributed by atoms with E-state index in [1.165, 1.54) is 18.5 Å². The molecule has 1 unspecified atom stereocenters. The standard InChI is InChI=1S/C17H24N4/c1-3-10-18-15(4-2)17-8-7-14(12-19-17)21-11-9-16(20-21)13-5-6-13/h7-9,11-13,15,18H,3-6,10H2,1-2H3. The van der Waals surface area contributed by atoms with Crippen LogP contribution < -0.4 is 5.32 Å². The third kappa shape index (κ3) is 3.32. The topological polar surface area (TPSA) is 42.7 Å². The number of hydrogen-bond acceptors (Lipinski definition) is 3. The van der Waals surface area contributed by atoms with E-state index < -0.39 is 0 Å². The summed E-state index contributed by atoms with van der Waals surface area (Å²) < 4.78 is 1.94. The highest BCUT2D eigenvalue weighted by atomic mass is 15.3. The first-order chi connectivity index (χ1) is 10.3. The minimum atomic E-state index is 0.346. The lowest BCUT2D eigenvalue weighted by molar-refractivity contribution is 0.507. The lowest BCUT2D eigenvalue weighted by atomic mass is 10.1. The highest BCUT2D eigenvalue weighted by molar-refractivity contribution is 5.30. The van der Waals surface area contributed by atoms with Crippen LogP contribution in [0.5, 0.6) is 0 Å². The van der Waals surface area contributed by atoms with E-state index in [9.17, 15) is 0 Å². The number of hydrogen-bond donors (Lipinski definition) is 1. The molecule has 1 aliphatic carbocycles. The largest absolute Gasteiger partial charge is 0.309 e. The quantitative estimate of drug-likeness (QED) is 0.845. The SMILES string of the molecule is CCCNC(CC)c1ccc(-n2ccc(C3CC3)n2)cn1. The van der Waals surface area contributed by atoms with Crippen molar-refractivity contribution in [3.63, 3.8) is 0 Å². The molecule has 1 saturated carbocycles. The highest BCUT2D eigenvalue weighted by Gasteiger charge is 2.25. The molecule has 1 N–H and O–H groups in total. The second-order valence-electron chi connectivity index (χ2n) is 5.82. The zero-order valence-electron chi connectivity index (χ0n) is 12.9. The van der Waals surface area contributed by atoms with Gasteiger partial charge in [-0.25, -0.2) is 4.68 Å². The summed E-state index contributed by atoms with van der Waals surface area (Å²) in [5, 5.41) is 8.18. The summed E-state index contributed by atoms with van der Waals surface area (Å²) in [6.45, 7) is 5.41. The molecule has 2 aromatic heterocycles. The van der Waals surface area contributed by atoms with Crippen molar-refractivity contribution in [1.82, 2.24) is 20.1 Å². The summed E-state index contributed by atoms with van der Waals surface area (Å²) in [4.78, 5) is 4.63. The Morgan fingerprint density at radius 1 is 1.29 bits per heavy atom. The van der Waals surface area contributed by atoms with Gasteiger partial charge in [-0.05, 0) is 50.4 Å². The van der Waals surface area contributed by atoms with Crippen LogP contribution in [0.15, 0.2) is 30.6 Å². The molecule has 1 aliphatic rings. The number of aromatic nitrogens is 3. The highest BCUT2D eigenvalue weighted by Crippen LogP contribution is 2.39. The third-order valence-corrected chi connectivity index (χ3v) is 4.05. The van der Waals surface area contributed by atoms with Crippen molar-refractivity contribution < 1.29 is 0 Å². The second-order valence-corrected chi connectivity index (χ2v) is 5.82. The van der Waals surface area contributed by atoms with Gasteiger partial charge in [0, 0.05) is 18.2 Å². The molecule has 4 heteroatoms. The number of rotatable bonds is 7. The molecule has 0 amide bonds. The zero-order chi connectivity index (χ0) is 14.7. The molecular weight excluding hydrogens is 260 g/mol. The first kappa shape index (κ1) is 14.3. The van der Waals surface area contributed by atoms with Gasteiger partial charge >= 0.3 is 0 Å². The van der Waals surface area contributed by atoms with Crippen LogP contribution in [0.3, 0.4) is 0 Å². The Kier molecular flexibility index (Phi) is 4.34. The van der Waals surface area contributed by atoms with Crippen LogP contribution >= 0.6 is 0 Å². The van der Waals surface area contributed by atoms with Gasteiger partial charge < -0.3 is 5.32 Å². The van der Waals surface area contributed by atoms with Crippen molar-refractivity contribution in [1.29, 1.82) is 0 Å². The molecule has 0 radical (unpaired) electrons. The van der Waals surface area contributed by atoms with E-state index in [4.69, 9.17) is 0 Å². The normalized spacial score (nSPS) is 16.1. The summed E-state index contributed by atoms with van der Waals surface area (Å²) in [6, 6.07) is 6.70. The Balaban J connectivity index is 1.72. The zero-order valence-corrected chi connectivity index (χ0v) is 12.9. The van der Waals surface area contributed by atoms with Crippen LogP contribution in [-0.2, 0) is 0 Å². The van der Waals surface area contributed by atoms with Crippen molar-refractivity contribution in [3.05, 3.63) is 42.0 Å². The maximum absolute atomic E-state index is 4.65. The molecule has 2 aromatic rings. The van der Waals surface area contributed by atoms with E-state index in [1.807, 2.05) is 17.1 Å². The predicted octanol–water partition coefficient (Wildman–Crippen LogP) is 3.60.